The molecule has 0 unspecified atom stereocenters. The monoisotopic (exact) mass is 368 g/mol. The fourth-order valence-corrected chi connectivity index (χ4v) is 5.45. The molecule has 0 radical (unpaired) electrons. The van der Waals surface area contributed by atoms with Crippen molar-refractivity contribution in [2.24, 2.45) is 11.8 Å². The molecule has 2 aliphatic rings. The quantitative estimate of drug-likeness (QED) is 0.845. The van der Waals surface area contributed by atoms with E-state index < -0.39 is 0 Å². The Kier molecular flexibility index (Phi) is 5.71. The maximum atomic E-state index is 12.8. The van der Waals surface area contributed by atoms with Gasteiger partial charge in [-0.25, -0.2) is 0 Å². The number of nitrogens with one attached hydrogen (secondary N) is 1. The maximum absolute atomic E-state index is 12.8. The van der Waals surface area contributed by atoms with Gasteiger partial charge in [-0.05, 0) is 48.2 Å². The molecule has 138 valence electrons. The minimum atomic E-state index is -0.0454. The van der Waals surface area contributed by atoms with Gasteiger partial charge in [0.15, 0.2) is 0 Å². The van der Waals surface area contributed by atoms with Crippen molar-refractivity contribution in [2.45, 2.75) is 38.1 Å². The number of nitrogens with zero attached hydrogens (tertiary/aromatic N) is 1. The minimum Gasteiger partial charge on any atom is -0.343 e. The number of thiophene rings is 1. The van der Waals surface area contributed by atoms with Crippen LogP contribution in [0, 0.1) is 11.8 Å². The summed E-state index contributed by atoms with van der Waals surface area (Å²) in [7, 11) is 0. The number of amides is 1. The van der Waals surface area contributed by atoms with E-state index in [1.54, 1.807) is 11.3 Å². The number of hydrogen-bond donors (Lipinski definition) is 1. The van der Waals surface area contributed by atoms with Gasteiger partial charge in [0.25, 0.3) is 0 Å². The van der Waals surface area contributed by atoms with Crippen LogP contribution in [-0.4, -0.2) is 30.4 Å². The van der Waals surface area contributed by atoms with E-state index in [2.05, 4.69) is 39.9 Å². The van der Waals surface area contributed by atoms with Gasteiger partial charge in [0.1, 0.15) is 0 Å². The van der Waals surface area contributed by atoms with Crippen molar-refractivity contribution in [1.82, 2.24) is 10.2 Å². The zero-order chi connectivity index (χ0) is 17.8. The highest BCUT2D eigenvalue weighted by Gasteiger charge is 2.32. The van der Waals surface area contributed by atoms with Crippen molar-refractivity contribution >= 4 is 17.2 Å². The molecule has 4 rings (SSSR count). The molecular weight excluding hydrogens is 340 g/mol. The number of carbonyl (C=O) groups is 1. The average molecular weight is 369 g/mol. The summed E-state index contributed by atoms with van der Waals surface area (Å²) in [5.74, 6) is 1.86. The number of hydrogen-bond acceptors (Lipinski definition) is 3. The molecule has 26 heavy (non-hydrogen) atoms. The van der Waals surface area contributed by atoms with Crippen LogP contribution in [0.2, 0.25) is 0 Å². The topological polar surface area (TPSA) is 32.3 Å². The Morgan fingerprint density at radius 3 is 2.65 bits per heavy atom. The second-order valence-corrected chi connectivity index (χ2v) is 8.73. The maximum Gasteiger partial charge on any atom is 0.234 e. The summed E-state index contributed by atoms with van der Waals surface area (Å²) in [5.41, 5.74) is 1.15. The van der Waals surface area contributed by atoms with Crippen LogP contribution in [-0.2, 0) is 4.79 Å². The molecule has 1 aliphatic heterocycles. The van der Waals surface area contributed by atoms with Gasteiger partial charge in [0.05, 0.1) is 12.6 Å². The van der Waals surface area contributed by atoms with Crippen molar-refractivity contribution < 1.29 is 4.79 Å². The number of fused-ring (bicyclic) bond motifs is 1. The van der Waals surface area contributed by atoms with Gasteiger partial charge < -0.3 is 5.32 Å². The molecule has 1 aromatic heterocycles. The third kappa shape index (κ3) is 4.18. The number of likely N-dealkylation sites (tertiary alicyclic amines) is 1. The highest BCUT2D eigenvalue weighted by atomic mass is 32.1. The van der Waals surface area contributed by atoms with E-state index in [9.17, 15) is 4.79 Å². The van der Waals surface area contributed by atoms with E-state index in [1.807, 2.05) is 18.2 Å². The highest BCUT2D eigenvalue weighted by Crippen LogP contribution is 2.36. The second-order valence-electron chi connectivity index (χ2n) is 7.76. The van der Waals surface area contributed by atoms with Crippen LogP contribution in [0.25, 0.3) is 0 Å². The van der Waals surface area contributed by atoms with Crippen molar-refractivity contribution in [3.05, 3.63) is 58.3 Å². The smallest absolute Gasteiger partial charge is 0.234 e. The summed E-state index contributed by atoms with van der Waals surface area (Å²) < 4.78 is 0. The van der Waals surface area contributed by atoms with E-state index >= 15 is 0 Å². The van der Waals surface area contributed by atoms with E-state index in [1.165, 1.54) is 37.0 Å². The molecule has 2 fully saturated rings. The van der Waals surface area contributed by atoms with Crippen LogP contribution in [0.4, 0.5) is 0 Å². The number of piperidine rings is 1. The van der Waals surface area contributed by atoms with E-state index in [-0.39, 0.29) is 11.9 Å². The first-order valence-electron chi connectivity index (χ1n) is 9.89. The normalized spacial score (nSPS) is 24.6. The second kappa shape index (κ2) is 8.36. The van der Waals surface area contributed by atoms with E-state index in [4.69, 9.17) is 0 Å². The van der Waals surface area contributed by atoms with Crippen molar-refractivity contribution in [3.8, 4) is 0 Å². The third-order valence-corrected chi connectivity index (χ3v) is 6.95. The predicted molar refractivity (Wildman–Crippen MR) is 107 cm³/mol. The number of rotatable bonds is 5. The molecule has 3 nitrogen and oxygen atoms in total. The summed E-state index contributed by atoms with van der Waals surface area (Å²) in [6, 6.07) is 14.4. The molecule has 1 amide bonds. The molecule has 2 heterocycles. The van der Waals surface area contributed by atoms with Crippen LogP contribution >= 0.6 is 11.3 Å². The standard InChI is InChI=1S/C22H28N2OS/c25-21(16-24-13-12-17-7-4-5-10-19(17)15-24)23-22(20-11-6-14-26-20)18-8-2-1-3-9-18/h1-3,6,8-9,11,14,17,19,22H,4-5,7,10,12-13,15-16H2,(H,23,25)/t17-,19+,22+/m0/s1. The molecule has 1 N–H and O–H groups in total. The fraction of sp³-hybridized carbons (Fsp3) is 0.500. The minimum absolute atomic E-state index is 0.0454. The zero-order valence-electron chi connectivity index (χ0n) is 15.3. The van der Waals surface area contributed by atoms with Crippen molar-refractivity contribution in [3.63, 3.8) is 0 Å². The van der Waals surface area contributed by atoms with Crippen LogP contribution in [0.15, 0.2) is 47.8 Å². The Bertz CT molecular complexity index is 700. The van der Waals surface area contributed by atoms with Crippen molar-refractivity contribution in [1.29, 1.82) is 0 Å². The first-order chi connectivity index (χ1) is 12.8. The van der Waals surface area contributed by atoms with Gasteiger partial charge in [0.2, 0.25) is 5.91 Å². The summed E-state index contributed by atoms with van der Waals surface area (Å²) >= 11 is 1.70. The Morgan fingerprint density at radius 2 is 1.88 bits per heavy atom. The van der Waals surface area contributed by atoms with Gasteiger partial charge in [0, 0.05) is 11.4 Å². The molecular formula is C22H28N2OS. The third-order valence-electron chi connectivity index (χ3n) is 6.01. The molecule has 0 bridgehead atoms. The summed E-state index contributed by atoms with van der Waals surface area (Å²) in [6.07, 6.45) is 6.80. The Morgan fingerprint density at radius 1 is 1.08 bits per heavy atom. The fourth-order valence-electron chi connectivity index (χ4n) is 4.65. The largest absolute Gasteiger partial charge is 0.343 e. The molecule has 1 aliphatic carbocycles. The SMILES string of the molecule is O=C(CN1CC[C@@H]2CCCC[C@@H]2C1)N[C@H](c1ccccc1)c1cccs1. The average Bonchev–Trinajstić information content (AvgIpc) is 3.21. The van der Waals surface area contributed by atoms with Gasteiger partial charge in [-0.3, -0.25) is 9.69 Å². The number of carbonyl (C=O) groups excluding carboxylic acids is 1. The Balaban J connectivity index is 1.39. The predicted octanol–water partition coefficient (Wildman–Crippen LogP) is 4.47. The van der Waals surface area contributed by atoms with Gasteiger partial charge >= 0.3 is 0 Å². The lowest BCUT2D eigenvalue weighted by Gasteiger charge is -2.41. The first kappa shape index (κ1) is 17.7. The van der Waals surface area contributed by atoms with Crippen LogP contribution in [0.1, 0.15) is 48.6 Å². The Labute approximate surface area is 160 Å². The van der Waals surface area contributed by atoms with Gasteiger partial charge in [-0.1, -0.05) is 55.7 Å². The van der Waals surface area contributed by atoms with Crippen LogP contribution in [0.3, 0.4) is 0 Å². The van der Waals surface area contributed by atoms with Crippen LogP contribution < -0.4 is 5.32 Å². The molecule has 1 aromatic carbocycles. The van der Waals surface area contributed by atoms with Gasteiger partial charge in [-0.2, -0.15) is 0 Å². The van der Waals surface area contributed by atoms with E-state index in [0.29, 0.717) is 6.54 Å². The lowest BCUT2D eigenvalue weighted by Crippen LogP contribution is -2.46. The Hall–Kier alpha value is -1.65. The lowest BCUT2D eigenvalue weighted by atomic mass is 9.75. The highest BCUT2D eigenvalue weighted by molar-refractivity contribution is 7.10. The van der Waals surface area contributed by atoms with E-state index in [0.717, 1.165) is 30.5 Å². The molecule has 2 aromatic rings. The van der Waals surface area contributed by atoms with Gasteiger partial charge in [-0.15, -0.1) is 11.3 Å². The lowest BCUT2D eigenvalue weighted by molar-refractivity contribution is -0.123. The van der Waals surface area contributed by atoms with Crippen molar-refractivity contribution in [2.75, 3.05) is 19.6 Å². The summed E-state index contributed by atoms with van der Waals surface area (Å²) in [5, 5.41) is 5.36. The summed E-state index contributed by atoms with van der Waals surface area (Å²) in [4.78, 5) is 16.4. The molecule has 0 spiro atoms. The molecule has 1 saturated heterocycles. The molecule has 3 atom stereocenters. The number of benzene rings is 1. The molecule has 4 heteroatoms. The zero-order valence-corrected chi connectivity index (χ0v) is 16.1. The molecule has 1 saturated carbocycles. The van der Waals surface area contributed by atoms with Crippen LogP contribution in [0.5, 0.6) is 0 Å². The first-order valence-corrected chi connectivity index (χ1v) is 10.8. The summed E-state index contributed by atoms with van der Waals surface area (Å²) in [6.45, 7) is 2.70.